The molecule has 2 amide bonds. The lowest BCUT2D eigenvalue weighted by molar-refractivity contribution is -0.136. The van der Waals surface area contributed by atoms with E-state index in [0.29, 0.717) is 10.7 Å². The van der Waals surface area contributed by atoms with E-state index in [0.717, 1.165) is 4.88 Å². The van der Waals surface area contributed by atoms with E-state index in [2.05, 4.69) is 15.7 Å². The van der Waals surface area contributed by atoms with Gasteiger partial charge in [0.2, 0.25) is 0 Å². The van der Waals surface area contributed by atoms with Crippen molar-refractivity contribution in [2.45, 2.75) is 6.04 Å². The average molecular weight is 375 g/mol. The van der Waals surface area contributed by atoms with E-state index in [1.807, 2.05) is 29.8 Å². The Morgan fingerprint density at radius 2 is 2.00 bits per heavy atom. The number of nitrogens with one attached hydrogen (secondary N) is 2. The summed E-state index contributed by atoms with van der Waals surface area (Å²) in [4.78, 5) is 25.2. The van der Waals surface area contributed by atoms with Crippen molar-refractivity contribution in [2.24, 2.45) is 0 Å². The van der Waals surface area contributed by atoms with E-state index in [4.69, 9.17) is 11.6 Å². The summed E-state index contributed by atoms with van der Waals surface area (Å²) >= 11 is 7.54. The summed E-state index contributed by atoms with van der Waals surface area (Å²) in [5, 5.41) is 11.7. The fraction of sp³-hybridized carbons (Fsp3) is 0.118. The molecule has 0 radical (unpaired) electrons. The van der Waals surface area contributed by atoms with Crippen LogP contribution in [0.4, 0.5) is 5.69 Å². The third-order valence-electron chi connectivity index (χ3n) is 3.50. The van der Waals surface area contributed by atoms with Crippen LogP contribution in [0, 0.1) is 0 Å². The average Bonchev–Trinajstić information content (AvgIpc) is 3.31. The Bertz CT molecular complexity index is 815. The molecule has 2 heterocycles. The molecule has 0 aliphatic rings. The number of thiophene rings is 1. The molecule has 0 spiro atoms. The molecule has 25 heavy (non-hydrogen) atoms. The highest BCUT2D eigenvalue weighted by Gasteiger charge is 2.20. The number of rotatable bonds is 5. The smallest absolute Gasteiger partial charge is 0.313 e. The molecule has 0 bridgehead atoms. The summed E-state index contributed by atoms with van der Waals surface area (Å²) in [5.41, 5.74) is 0.395. The molecule has 1 atom stereocenters. The Balaban J connectivity index is 1.64. The van der Waals surface area contributed by atoms with Crippen molar-refractivity contribution in [3.63, 3.8) is 0 Å². The van der Waals surface area contributed by atoms with Crippen molar-refractivity contribution in [1.29, 1.82) is 0 Å². The number of carbonyl (C=O) groups is 2. The summed E-state index contributed by atoms with van der Waals surface area (Å²) in [5.74, 6) is -1.49. The molecule has 0 aliphatic carbocycles. The van der Waals surface area contributed by atoms with Gasteiger partial charge in [-0.1, -0.05) is 29.8 Å². The fourth-order valence-corrected chi connectivity index (χ4v) is 3.28. The van der Waals surface area contributed by atoms with Gasteiger partial charge in [0.1, 0.15) is 6.04 Å². The maximum absolute atomic E-state index is 12.1. The quantitative estimate of drug-likeness (QED) is 0.674. The molecule has 6 nitrogen and oxygen atoms in total. The van der Waals surface area contributed by atoms with Crippen LogP contribution in [0.1, 0.15) is 10.9 Å². The second-order valence-electron chi connectivity index (χ2n) is 5.16. The Kier molecular flexibility index (Phi) is 5.47. The number of amides is 2. The molecule has 0 saturated carbocycles. The molecule has 1 aromatic carbocycles. The molecule has 3 rings (SSSR count). The lowest BCUT2D eigenvalue weighted by atomic mass is 10.2. The van der Waals surface area contributed by atoms with E-state index >= 15 is 0 Å². The highest BCUT2D eigenvalue weighted by atomic mass is 35.5. The molecule has 0 fully saturated rings. The van der Waals surface area contributed by atoms with Gasteiger partial charge in [-0.05, 0) is 29.6 Å². The van der Waals surface area contributed by atoms with Crippen LogP contribution in [0.3, 0.4) is 0 Å². The van der Waals surface area contributed by atoms with Gasteiger partial charge in [-0.15, -0.1) is 11.3 Å². The standard InChI is InChI=1S/C17H15ClN4O2S/c18-12-5-1-2-6-13(12)21-17(24)16(23)19-11-14(15-7-3-10-25-15)22-9-4-8-20-22/h1-10,14H,11H2,(H,19,23)(H,21,24). The van der Waals surface area contributed by atoms with Crippen molar-refractivity contribution in [1.82, 2.24) is 15.1 Å². The van der Waals surface area contributed by atoms with Gasteiger partial charge < -0.3 is 10.6 Å². The molecular weight excluding hydrogens is 360 g/mol. The van der Waals surface area contributed by atoms with E-state index in [-0.39, 0.29) is 12.6 Å². The molecule has 8 heteroatoms. The largest absolute Gasteiger partial charge is 0.345 e. The lowest BCUT2D eigenvalue weighted by Crippen LogP contribution is -2.38. The van der Waals surface area contributed by atoms with Crippen LogP contribution in [0.5, 0.6) is 0 Å². The third kappa shape index (κ3) is 4.26. The zero-order chi connectivity index (χ0) is 17.6. The summed E-state index contributed by atoms with van der Waals surface area (Å²) in [6.07, 6.45) is 3.49. The minimum atomic E-state index is -0.765. The highest BCUT2D eigenvalue weighted by molar-refractivity contribution is 7.10. The van der Waals surface area contributed by atoms with Crippen LogP contribution in [0.25, 0.3) is 0 Å². The number of nitrogens with zero attached hydrogens (tertiary/aromatic N) is 2. The van der Waals surface area contributed by atoms with Crippen LogP contribution in [0.2, 0.25) is 5.02 Å². The summed E-state index contributed by atoms with van der Waals surface area (Å²) in [6, 6.07) is 12.3. The summed E-state index contributed by atoms with van der Waals surface area (Å²) in [6.45, 7) is 0.247. The van der Waals surface area contributed by atoms with Crippen LogP contribution in [-0.2, 0) is 9.59 Å². The van der Waals surface area contributed by atoms with Gasteiger partial charge in [0.05, 0.1) is 10.7 Å². The van der Waals surface area contributed by atoms with E-state index in [9.17, 15) is 9.59 Å². The maximum Gasteiger partial charge on any atom is 0.313 e. The van der Waals surface area contributed by atoms with Crippen LogP contribution < -0.4 is 10.6 Å². The molecule has 128 valence electrons. The highest BCUT2D eigenvalue weighted by Crippen LogP contribution is 2.22. The number of aromatic nitrogens is 2. The van der Waals surface area contributed by atoms with Crippen molar-refractivity contribution in [3.8, 4) is 0 Å². The van der Waals surface area contributed by atoms with Crippen molar-refractivity contribution >= 4 is 40.4 Å². The van der Waals surface area contributed by atoms with Crippen LogP contribution in [0.15, 0.2) is 60.2 Å². The Morgan fingerprint density at radius 3 is 2.68 bits per heavy atom. The van der Waals surface area contributed by atoms with Gasteiger partial charge in [0.25, 0.3) is 0 Å². The zero-order valence-electron chi connectivity index (χ0n) is 13.1. The number of carbonyl (C=O) groups excluding carboxylic acids is 2. The van der Waals surface area contributed by atoms with Gasteiger partial charge in [-0.2, -0.15) is 5.10 Å². The van der Waals surface area contributed by atoms with E-state index < -0.39 is 11.8 Å². The lowest BCUT2D eigenvalue weighted by Gasteiger charge is -2.17. The summed E-state index contributed by atoms with van der Waals surface area (Å²) < 4.78 is 1.75. The molecule has 3 aromatic rings. The van der Waals surface area contributed by atoms with Crippen molar-refractivity contribution in [2.75, 3.05) is 11.9 Å². The Morgan fingerprint density at radius 1 is 1.16 bits per heavy atom. The van der Waals surface area contributed by atoms with Crippen molar-refractivity contribution in [3.05, 3.63) is 70.1 Å². The van der Waals surface area contributed by atoms with Gasteiger partial charge >= 0.3 is 11.8 Å². The second kappa shape index (κ2) is 7.96. The van der Waals surface area contributed by atoms with Gasteiger partial charge in [0.15, 0.2) is 0 Å². The minimum Gasteiger partial charge on any atom is -0.345 e. The summed E-state index contributed by atoms with van der Waals surface area (Å²) in [7, 11) is 0. The first-order chi connectivity index (χ1) is 12.1. The fourth-order valence-electron chi connectivity index (χ4n) is 2.28. The number of hydrogen-bond donors (Lipinski definition) is 2. The molecule has 1 unspecified atom stereocenters. The molecule has 0 aliphatic heterocycles. The number of halogens is 1. The molecule has 2 aromatic heterocycles. The topological polar surface area (TPSA) is 76.0 Å². The predicted octanol–water partition coefficient (Wildman–Crippen LogP) is 2.94. The molecule has 2 N–H and O–H groups in total. The Labute approximate surface area is 153 Å². The number of hydrogen-bond acceptors (Lipinski definition) is 4. The molecular formula is C17H15ClN4O2S. The van der Waals surface area contributed by atoms with Crippen molar-refractivity contribution < 1.29 is 9.59 Å². The maximum atomic E-state index is 12.1. The van der Waals surface area contributed by atoms with Gasteiger partial charge in [0, 0.05) is 23.8 Å². The van der Waals surface area contributed by atoms with E-state index in [1.165, 1.54) is 0 Å². The molecule has 0 saturated heterocycles. The number of benzene rings is 1. The first kappa shape index (κ1) is 17.2. The van der Waals surface area contributed by atoms with Crippen LogP contribution in [-0.4, -0.2) is 28.1 Å². The first-order valence-corrected chi connectivity index (χ1v) is 8.77. The minimum absolute atomic E-state index is 0.174. The number of para-hydroxylation sites is 1. The normalized spacial score (nSPS) is 11.7. The van der Waals surface area contributed by atoms with Gasteiger partial charge in [-0.3, -0.25) is 14.3 Å². The zero-order valence-corrected chi connectivity index (χ0v) is 14.6. The van der Waals surface area contributed by atoms with Gasteiger partial charge in [-0.25, -0.2) is 0 Å². The van der Waals surface area contributed by atoms with E-state index in [1.54, 1.807) is 46.5 Å². The third-order valence-corrected chi connectivity index (χ3v) is 4.80. The predicted molar refractivity (Wildman–Crippen MR) is 97.8 cm³/mol. The number of anilines is 1. The van der Waals surface area contributed by atoms with Crippen LogP contribution >= 0.6 is 22.9 Å². The monoisotopic (exact) mass is 374 g/mol. The second-order valence-corrected chi connectivity index (χ2v) is 6.55. The first-order valence-electron chi connectivity index (χ1n) is 7.51. The SMILES string of the molecule is O=C(NCC(c1cccs1)n1cccn1)C(=O)Nc1ccccc1Cl. The Hall–Kier alpha value is -2.64.